The average Bonchev–Trinajstić information content (AvgIpc) is 3.66. The van der Waals surface area contributed by atoms with Gasteiger partial charge in [0.25, 0.3) is 0 Å². The Hall–Kier alpha value is -5.13. The van der Waals surface area contributed by atoms with E-state index in [1.807, 2.05) is 48.5 Å². The minimum absolute atomic E-state index is 0.0116. The normalized spacial score (nSPS) is 14.6. The maximum absolute atomic E-state index is 13.2. The Kier molecular flexibility index (Phi) is 7.84. The number of hydrogen-bond acceptors (Lipinski definition) is 8. The highest BCUT2D eigenvalue weighted by Crippen LogP contribution is 2.47. The molecule has 0 atom stereocenters. The number of ether oxygens (including phenoxy) is 1. The molecule has 9 nitrogen and oxygen atoms in total. The van der Waals surface area contributed by atoms with Gasteiger partial charge in [-0.05, 0) is 46.5 Å². The highest BCUT2D eigenvalue weighted by molar-refractivity contribution is 7.99. The van der Waals surface area contributed by atoms with Crippen molar-refractivity contribution in [1.82, 2.24) is 15.3 Å². The Bertz CT molecular complexity index is 1940. The predicted molar refractivity (Wildman–Crippen MR) is 186 cm³/mol. The van der Waals surface area contributed by atoms with Crippen molar-refractivity contribution in [3.8, 4) is 11.1 Å². The van der Waals surface area contributed by atoms with Crippen molar-refractivity contribution in [3.63, 3.8) is 0 Å². The molecule has 11 heteroatoms. The summed E-state index contributed by atoms with van der Waals surface area (Å²) in [7, 11) is 0. The number of thiazole rings is 1. The van der Waals surface area contributed by atoms with Crippen molar-refractivity contribution in [1.29, 1.82) is 0 Å². The number of para-hydroxylation sites is 2. The Labute approximate surface area is 280 Å². The molecule has 47 heavy (non-hydrogen) atoms. The smallest absolute Gasteiger partial charge is 0.410 e. The predicted octanol–water partition coefficient (Wildman–Crippen LogP) is 7.86. The highest BCUT2D eigenvalue weighted by Gasteiger charge is 2.31. The molecule has 0 radical (unpaired) electrons. The van der Waals surface area contributed by atoms with E-state index in [0.29, 0.717) is 31.2 Å². The number of fused-ring (bicyclic) bond motifs is 6. The summed E-state index contributed by atoms with van der Waals surface area (Å²) in [6, 6.07) is 32.6. The molecule has 8 rings (SSSR count). The summed E-state index contributed by atoms with van der Waals surface area (Å²) >= 11 is 3.11. The van der Waals surface area contributed by atoms with Crippen molar-refractivity contribution < 1.29 is 14.3 Å². The lowest BCUT2D eigenvalue weighted by Crippen LogP contribution is -2.36. The molecule has 234 valence electrons. The Morgan fingerprint density at radius 3 is 2.23 bits per heavy atom. The zero-order valence-corrected chi connectivity index (χ0v) is 26.9. The second kappa shape index (κ2) is 12.6. The van der Waals surface area contributed by atoms with Gasteiger partial charge < -0.3 is 14.5 Å². The third kappa shape index (κ3) is 5.72. The largest absolute Gasteiger partial charge is 0.448 e. The monoisotopic (exact) mass is 658 g/mol. The van der Waals surface area contributed by atoms with E-state index in [9.17, 15) is 9.59 Å². The fourth-order valence-electron chi connectivity index (χ4n) is 6.42. The van der Waals surface area contributed by atoms with Gasteiger partial charge in [-0.15, -0.1) is 0 Å². The van der Waals surface area contributed by atoms with Crippen LogP contribution >= 0.6 is 23.1 Å². The van der Waals surface area contributed by atoms with Gasteiger partial charge in [-0.2, -0.15) is 5.10 Å². The topological polar surface area (TPSA) is 99.2 Å². The molecule has 0 bridgehead atoms. The number of benzene rings is 4. The molecule has 0 fully saturated rings. The lowest BCUT2D eigenvalue weighted by molar-refractivity contribution is 0.0956. The van der Waals surface area contributed by atoms with E-state index >= 15 is 0 Å². The number of rotatable bonds is 6. The van der Waals surface area contributed by atoms with Crippen molar-refractivity contribution in [2.45, 2.75) is 28.7 Å². The molecule has 4 aromatic carbocycles. The van der Waals surface area contributed by atoms with Crippen molar-refractivity contribution in [3.05, 3.63) is 119 Å². The summed E-state index contributed by atoms with van der Waals surface area (Å²) in [4.78, 5) is 37.6. The quantitative estimate of drug-likeness (QED) is 0.142. The van der Waals surface area contributed by atoms with Crippen molar-refractivity contribution >= 4 is 57.9 Å². The van der Waals surface area contributed by atoms with Crippen LogP contribution < -0.4 is 15.6 Å². The molecule has 3 amide bonds. The first-order valence-electron chi connectivity index (χ1n) is 15.4. The number of hydrogen-bond donors (Lipinski definition) is 2. The van der Waals surface area contributed by atoms with E-state index in [1.165, 1.54) is 43.4 Å². The standard InChI is InChI=1S/C36H30N6O3S2/c43-34(40-37-18-20-42-29-13-5-7-15-31(29)46-32-16-8-6-14-30(32)42)39-35-38-28-17-19-41(21-33(28)47-35)36(44)45-22-27-25-11-3-1-9-23(25)24-10-2-4-12-26(24)27/h1-16,18,27H,17,19-22H2,(H2,38,39,40,43)/b37-18+. The van der Waals surface area contributed by atoms with Gasteiger partial charge in [0, 0.05) is 39.8 Å². The van der Waals surface area contributed by atoms with Gasteiger partial charge in [0.15, 0.2) is 5.13 Å². The number of nitrogens with zero attached hydrogens (tertiary/aromatic N) is 4. The van der Waals surface area contributed by atoms with Crippen LogP contribution in [0.1, 0.15) is 27.6 Å². The second-order valence-corrected chi connectivity index (χ2v) is 13.6. The van der Waals surface area contributed by atoms with E-state index in [4.69, 9.17) is 4.74 Å². The number of carbonyl (C=O) groups is 2. The molecule has 3 aliphatic rings. The van der Waals surface area contributed by atoms with Crippen LogP contribution in [0.2, 0.25) is 0 Å². The molecule has 0 saturated heterocycles. The number of nitrogens with one attached hydrogen (secondary N) is 2. The van der Waals surface area contributed by atoms with E-state index in [1.54, 1.807) is 22.9 Å². The lowest BCUT2D eigenvalue weighted by atomic mass is 9.98. The zero-order chi connectivity index (χ0) is 31.7. The molecule has 0 unspecified atom stereocenters. The number of amides is 3. The molecule has 0 spiro atoms. The van der Waals surface area contributed by atoms with Gasteiger partial charge in [0.2, 0.25) is 0 Å². The first-order valence-corrected chi connectivity index (χ1v) is 17.1. The highest BCUT2D eigenvalue weighted by atomic mass is 32.2. The summed E-state index contributed by atoms with van der Waals surface area (Å²) in [5, 5.41) is 7.43. The molecule has 2 aliphatic heterocycles. The second-order valence-electron chi connectivity index (χ2n) is 11.4. The number of hydrazone groups is 1. The Morgan fingerprint density at radius 2 is 1.53 bits per heavy atom. The minimum Gasteiger partial charge on any atom is -0.448 e. The molecular formula is C36H30N6O3S2. The number of aromatic nitrogens is 1. The SMILES string of the molecule is O=C(N/N=C/CN1c2ccccc2Sc2ccccc21)Nc1nc2c(s1)CN(C(=O)OCC1c3ccccc3-c3ccccc31)CC2. The van der Waals surface area contributed by atoms with Crippen LogP contribution in [-0.4, -0.2) is 47.9 Å². The van der Waals surface area contributed by atoms with Crippen LogP contribution in [0.4, 0.5) is 26.1 Å². The maximum Gasteiger partial charge on any atom is 0.410 e. The van der Waals surface area contributed by atoms with Gasteiger partial charge >= 0.3 is 12.1 Å². The van der Waals surface area contributed by atoms with Crippen LogP contribution in [0, 0.1) is 0 Å². The summed E-state index contributed by atoms with van der Waals surface area (Å²) < 4.78 is 5.87. The minimum atomic E-state index is -0.476. The molecule has 3 heterocycles. The van der Waals surface area contributed by atoms with Gasteiger partial charge in [-0.1, -0.05) is 95.9 Å². The Balaban J connectivity index is 0.854. The first-order chi connectivity index (χ1) is 23.1. The first kappa shape index (κ1) is 29.3. The molecule has 2 N–H and O–H groups in total. The third-order valence-electron chi connectivity index (χ3n) is 8.60. The average molecular weight is 659 g/mol. The van der Waals surface area contributed by atoms with Gasteiger partial charge in [0.05, 0.1) is 30.2 Å². The third-order valence-corrected chi connectivity index (χ3v) is 10.7. The number of carbonyl (C=O) groups excluding carboxylic acids is 2. The molecular weight excluding hydrogens is 629 g/mol. The van der Waals surface area contributed by atoms with Crippen LogP contribution in [0.15, 0.2) is 112 Å². The van der Waals surface area contributed by atoms with Gasteiger partial charge in [-0.3, -0.25) is 5.32 Å². The summed E-state index contributed by atoms with van der Waals surface area (Å²) in [5.74, 6) is 0.0116. The molecule has 5 aromatic rings. The lowest BCUT2D eigenvalue weighted by Gasteiger charge is -2.31. The molecule has 0 saturated carbocycles. The van der Waals surface area contributed by atoms with Crippen LogP contribution in [0.5, 0.6) is 0 Å². The summed E-state index contributed by atoms with van der Waals surface area (Å²) in [6.07, 6.45) is 1.93. The van der Waals surface area contributed by atoms with E-state index < -0.39 is 6.03 Å². The molecule has 1 aliphatic carbocycles. The molecule has 1 aromatic heterocycles. The maximum atomic E-state index is 13.2. The Morgan fingerprint density at radius 1 is 0.894 bits per heavy atom. The van der Waals surface area contributed by atoms with Crippen molar-refractivity contribution in [2.24, 2.45) is 5.10 Å². The fraction of sp³-hybridized carbons (Fsp3) is 0.167. The van der Waals surface area contributed by atoms with Crippen molar-refractivity contribution in [2.75, 3.05) is 29.9 Å². The van der Waals surface area contributed by atoms with Crippen LogP contribution in [0.25, 0.3) is 11.1 Å². The van der Waals surface area contributed by atoms with E-state index in [-0.39, 0.29) is 18.6 Å². The van der Waals surface area contributed by atoms with Gasteiger partial charge in [-0.25, -0.2) is 20.0 Å². The number of anilines is 3. The number of urea groups is 1. The van der Waals surface area contributed by atoms with E-state index in [0.717, 1.165) is 21.9 Å². The van der Waals surface area contributed by atoms with E-state index in [2.05, 4.69) is 74.3 Å². The summed E-state index contributed by atoms with van der Waals surface area (Å²) in [5.41, 5.74) is 10.4. The summed E-state index contributed by atoms with van der Waals surface area (Å²) in [6.45, 7) is 1.67. The fourth-order valence-corrected chi connectivity index (χ4v) is 8.53. The van der Waals surface area contributed by atoms with Crippen LogP contribution in [0.3, 0.4) is 0 Å². The zero-order valence-electron chi connectivity index (χ0n) is 25.3. The van der Waals surface area contributed by atoms with Crippen LogP contribution in [-0.2, 0) is 17.7 Å². The van der Waals surface area contributed by atoms with Gasteiger partial charge in [0.1, 0.15) is 6.61 Å².